The summed E-state index contributed by atoms with van der Waals surface area (Å²) in [6.45, 7) is 7.08. The Morgan fingerprint density at radius 2 is 1.86 bits per heavy atom. The fraction of sp³-hybridized carbons (Fsp3) is 0.900. The van der Waals surface area contributed by atoms with E-state index in [1.807, 2.05) is 20.9 Å². The molecule has 0 heterocycles. The molecule has 0 fully saturated rings. The Kier molecular flexibility index (Phi) is 31.4. The summed E-state index contributed by atoms with van der Waals surface area (Å²) in [5, 5.41) is 3.01. The van der Waals surface area contributed by atoms with Gasteiger partial charge in [-0.2, -0.15) is 0 Å². The predicted octanol–water partition coefficient (Wildman–Crippen LogP) is 0.503. The molecule has 4 heteroatoms. The average molecular weight is 205 g/mol. The van der Waals surface area contributed by atoms with Crippen molar-refractivity contribution in [2.75, 3.05) is 20.1 Å². The van der Waals surface area contributed by atoms with Gasteiger partial charge in [-0.05, 0) is 33.4 Å². The number of hydrogen-bond acceptors (Lipinski definition) is 4. The molecule has 0 aromatic carbocycles. The number of likely N-dealkylation sites (N-methyl/N-ethyl adjacent to an activating group) is 1. The Morgan fingerprint density at radius 1 is 1.43 bits per heavy atom. The molecule has 88 valence electrons. The summed E-state index contributed by atoms with van der Waals surface area (Å²) in [6.07, 6.45) is 2.81. The largest absolute Gasteiger partial charge is 0.330 e. The van der Waals surface area contributed by atoms with Gasteiger partial charge in [0.1, 0.15) is 6.29 Å². The molecule has 0 radical (unpaired) electrons. The van der Waals surface area contributed by atoms with E-state index in [4.69, 9.17) is 16.3 Å². The first-order valence-electron chi connectivity index (χ1n) is 5.22. The highest BCUT2D eigenvalue weighted by atomic mass is 16.1. The predicted molar refractivity (Wildman–Crippen MR) is 63.3 cm³/mol. The fourth-order valence-electron chi connectivity index (χ4n) is 0.744. The van der Waals surface area contributed by atoms with Gasteiger partial charge in [0, 0.05) is 12.6 Å². The SMILES string of the molecule is CC.CC=O.CNCC(N)CCCN. The number of aldehydes is 1. The molecule has 0 saturated heterocycles. The van der Waals surface area contributed by atoms with E-state index in [9.17, 15) is 0 Å². The lowest BCUT2D eigenvalue weighted by molar-refractivity contribution is -0.106. The third kappa shape index (κ3) is 30.0. The molecule has 1 atom stereocenters. The van der Waals surface area contributed by atoms with Crippen LogP contribution in [0.3, 0.4) is 0 Å². The Hall–Kier alpha value is -0.450. The van der Waals surface area contributed by atoms with Crippen LogP contribution in [-0.4, -0.2) is 32.5 Å². The minimum atomic E-state index is 0.276. The van der Waals surface area contributed by atoms with Crippen molar-refractivity contribution in [1.29, 1.82) is 0 Å². The van der Waals surface area contributed by atoms with Crippen LogP contribution in [0.15, 0.2) is 0 Å². The van der Waals surface area contributed by atoms with Crippen molar-refractivity contribution in [3.63, 3.8) is 0 Å². The Labute approximate surface area is 88.4 Å². The maximum absolute atomic E-state index is 8.81. The van der Waals surface area contributed by atoms with E-state index in [1.165, 1.54) is 6.92 Å². The standard InChI is InChI=1S/C6H17N3.C2H4O.C2H6/c1-9-5-6(8)3-2-4-7;1-2-3;1-2/h6,9H,2-5,7-8H2,1H3;2H,1H3;1-2H3. The molecule has 0 rings (SSSR count). The number of nitrogens with two attached hydrogens (primary N) is 2. The summed E-state index contributed by atoms with van der Waals surface area (Å²) >= 11 is 0. The molecule has 0 saturated carbocycles. The highest BCUT2D eigenvalue weighted by Gasteiger charge is 1.97. The van der Waals surface area contributed by atoms with Crippen LogP contribution in [0, 0.1) is 0 Å². The second-order valence-electron chi connectivity index (χ2n) is 2.48. The molecule has 5 N–H and O–H groups in total. The molecule has 0 aromatic rings. The first-order chi connectivity index (χ1) is 6.72. The lowest BCUT2D eigenvalue weighted by Gasteiger charge is -2.08. The van der Waals surface area contributed by atoms with Gasteiger partial charge in [0.2, 0.25) is 0 Å². The van der Waals surface area contributed by atoms with Gasteiger partial charge >= 0.3 is 0 Å². The van der Waals surface area contributed by atoms with E-state index in [2.05, 4.69) is 5.32 Å². The molecule has 0 aliphatic heterocycles. The van der Waals surface area contributed by atoms with Crippen LogP contribution < -0.4 is 16.8 Å². The molecule has 1 unspecified atom stereocenters. The normalized spacial score (nSPS) is 10.1. The van der Waals surface area contributed by atoms with Crippen LogP contribution >= 0.6 is 0 Å². The third-order valence-corrected chi connectivity index (χ3v) is 1.25. The van der Waals surface area contributed by atoms with E-state index in [-0.39, 0.29) is 6.04 Å². The minimum absolute atomic E-state index is 0.276. The van der Waals surface area contributed by atoms with Crippen molar-refractivity contribution < 1.29 is 4.79 Å². The van der Waals surface area contributed by atoms with Crippen molar-refractivity contribution >= 4 is 6.29 Å². The smallest absolute Gasteiger partial charge is 0.116 e. The van der Waals surface area contributed by atoms with Crippen molar-refractivity contribution in [3.8, 4) is 0 Å². The summed E-state index contributed by atoms with van der Waals surface area (Å²) in [4.78, 5) is 8.81. The number of carbonyl (C=O) groups excluding carboxylic acids is 1. The molecular weight excluding hydrogens is 178 g/mol. The van der Waals surface area contributed by atoms with E-state index < -0.39 is 0 Å². The zero-order valence-corrected chi connectivity index (χ0v) is 10.0. The minimum Gasteiger partial charge on any atom is -0.330 e. The second kappa shape index (κ2) is 22.9. The summed E-state index contributed by atoms with van der Waals surface area (Å²) < 4.78 is 0. The second-order valence-corrected chi connectivity index (χ2v) is 2.48. The van der Waals surface area contributed by atoms with Crippen molar-refractivity contribution in [2.24, 2.45) is 11.5 Å². The highest BCUT2D eigenvalue weighted by molar-refractivity contribution is 5.44. The monoisotopic (exact) mass is 205 g/mol. The van der Waals surface area contributed by atoms with Crippen LogP contribution in [0.1, 0.15) is 33.6 Å². The first kappa shape index (κ1) is 19.2. The maximum Gasteiger partial charge on any atom is 0.116 e. The Morgan fingerprint density at radius 3 is 2.14 bits per heavy atom. The van der Waals surface area contributed by atoms with Gasteiger partial charge in [-0.15, -0.1) is 0 Å². The molecular formula is C10H27N3O. The van der Waals surface area contributed by atoms with Crippen molar-refractivity contribution in [1.82, 2.24) is 5.32 Å². The number of nitrogens with one attached hydrogen (secondary N) is 1. The zero-order valence-electron chi connectivity index (χ0n) is 10.0. The zero-order chi connectivity index (χ0) is 11.8. The lowest BCUT2D eigenvalue weighted by atomic mass is 10.2. The van der Waals surface area contributed by atoms with Gasteiger partial charge < -0.3 is 21.6 Å². The van der Waals surface area contributed by atoms with Crippen LogP contribution in [0.25, 0.3) is 0 Å². The summed E-state index contributed by atoms with van der Waals surface area (Å²) in [7, 11) is 1.91. The highest BCUT2D eigenvalue weighted by Crippen LogP contribution is 1.89. The maximum atomic E-state index is 8.81. The van der Waals surface area contributed by atoms with Gasteiger partial charge in [0.25, 0.3) is 0 Å². The molecule has 0 spiro atoms. The van der Waals surface area contributed by atoms with Crippen molar-refractivity contribution in [3.05, 3.63) is 0 Å². The Balaban J connectivity index is -0.000000205. The lowest BCUT2D eigenvalue weighted by Crippen LogP contribution is -2.32. The quantitative estimate of drug-likeness (QED) is 0.571. The number of rotatable bonds is 5. The number of hydrogen-bond donors (Lipinski definition) is 3. The summed E-state index contributed by atoms with van der Waals surface area (Å²) in [5.74, 6) is 0. The van der Waals surface area contributed by atoms with Gasteiger partial charge in [0.05, 0.1) is 0 Å². The van der Waals surface area contributed by atoms with Crippen LogP contribution in [0.4, 0.5) is 0 Å². The molecule has 0 bridgehead atoms. The van der Waals surface area contributed by atoms with Crippen LogP contribution in [-0.2, 0) is 4.79 Å². The van der Waals surface area contributed by atoms with Gasteiger partial charge in [-0.25, -0.2) is 0 Å². The number of carbonyl (C=O) groups is 1. The first-order valence-corrected chi connectivity index (χ1v) is 5.22. The molecule has 0 aromatic heterocycles. The van der Waals surface area contributed by atoms with E-state index >= 15 is 0 Å². The van der Waals surface area contributed by atoms with E-state index in [1.54, 1.807) is 0 Å². The molecule has 4 nitrogen and oxygen atoms in total. The third-order valence-electron chi connectivity index (χ3n) is 1.25. The van der Waals surface area contributed by atoms with E-state index in [0.29, 0.717) is 0 Å². The molecule has 0 aliphatic carbocycles. The van der Waals surface area contributed by atoms with Crippen LogP contribution in [0.5, 0.6) is 0 Å². The average Bonchev–Trinajstić information content (AvgIpc) is 2.20. The summed E-state index contributed by atoms with van der Waals surface area (Å²) in [6, 6.07) is 0.276. The molecule has 14 heavy (non-hydrogen) atoms. The summed E-state index contributed by atoms with van der Waals surface area (Å²) in [5.41, 5.74) is 10.9. The van der Waals surface area contributed by atoms with Gasteiger partial charge in [0.15, 0.2) is 0 Å². The Bertz CT molecular complexity index is 89.4. The molecule has 0 amide bonds. The van der Waals surface area contributed by atoms with Gasteiger partial charge in [-0.3, -0.25) is 0 Å². The topological polar surface area (TPSA) is 81.1 Å². The molecule has 0 aliphatic rings. The van der Waals surface area contributed by atoms with Crippen molar-refractivity contribution in [2.45, 2.75) is 39.7 Å². The fourth-order valence-corrected chi connectivity index (χ4v) is 0.744. The van der Waals surface area contributed by atoms with Crippen LogP contribution in [0.2, 0.25) is 0 Å². The van der Waals surface area contributed by atoms with Gasteiger partial charge in [-0.1, -0.05) is 13.8 Å². The van der Waals surface area contributed by atoms with E-state index in [0.717, 1.165) is 32.2 Å².